The van der Waals surface area contributed by atoms with E-state index in [2.05, 4.69) is 50.3 Å². The SMILES string of the molecule is CCCCCC=C(C)[Se]c1ccccc1. The van der Waals surface area contributed by atoms with Crippen molar-refractivity contribution in [3.8, 4) is 0 Å². The first-order valence-electron chi connectivity index (χ1n) is 5.72. The Balaban J connectivity index is 2.32. The Hall–Kier alpha value is -0.521. The standard InChI is InChI=1S/C14H20Se/c1-3-4-5-7-10-13(2)15-14-11-8-6-9-12-14/h6,8-12H,3-5,7H2,1-2H3. The van der Waals surface area contributed by atoms with Crippen molar-refractivity contribution in [3.05, 3.63) is 40.9 Å². The van der Waals surface area contributed by atoms with Gasteiger partial charge in [0, 0.05) is 0 Å². The van der Waals surface area contributed by atoms with Crippen molar-refractivity contribution in [3.63, 3.8) is 0 Å². The quantitative estimate of drug-likeness (QED) is 0.546. The van der Waals surface area contributed by atoms with Crippen molar-refractivity contribution in [2.75, 3.05) is 0 Å². The summed E-state index contributed by atoms with van der Waals surface area (Å²) in [7, 11) is 0. The molecule has 1 rings (SSSR count). The van der Waals surface area contributed by atoms with Crippen LogP contribution in [0.25, 0.3) is 0 Å². The van der Waals surface area contributed by atoms with Crippen LogP contribution in [-0.2, 0) is 0 Å². The van der Waals surface area contributed by atoms with Gasteiger partial charge in [-0.25, -0.2) is 0 Å². The molecule has 0 N–H and O–H groups in total. The van der Waals surface area contributed by atoms with Crippen LogP contribution < -0.4 is 4.46 Å². The Morgan fingerprint density at radius 1 is 1.20 bits per heavy atom. The van der Waals surface area contributed by atoms with Crippen molar-refractivity contribution in [2.45, 2.75) is 39.5 Å². The number of hydrogen-bond acceptors (Lipinski definition) is 0. The number of benzene rings is 1. The molecule has 0 unspecified atom stereocenters. The normalized spacial score (nSPS) is 11.7. The van der Waals surface area contributed by atoms with Gasteiger partial charge in [-0.05, 0) is 0 Å². The molecule has 0 aromatic heterocycles. The Morgan fingerprint density at radius 2 is 1.93 bits per heavy atom. The third kappa shape index (κ3) is 5.81. The zero-order valence-corrected chi connectivity index (χ0v) is 11.4. The second-order valence-electron chi connectivity index (χ2n) is 3.73. The van der Waals surface area contributed by atoms with E-state index in [0.717, 1.165) is 0 Å². The van der Waals surface area contributed by atoms with Gasteiger partial charge in [-0.3, -0.25) is 0 Å². The first kappa shape index (κ1) is 12.5. The monoisotopic (exact) mass is 268 g/mol. The zero-order valence-electron chi connectivity index (χ0n) is 9.70. The predicted molar refractivity (Wildman–Crippen MR) is 69.7 cm³/mol. The molecule has 1 aromatic rings. The van der Waals surface area contributed by atoms with E-state index in [1.165, 1.54) is 30.1 Å². The minimum atomic E-state index is 0.535. The summed E-state index contributed by atoms with van der Waals surface area (Å²) in [5.74, 6) is 0. The fraction of sp³-hybridized carbons (Fsp3) is 0.429. The van der Waals surface area contributed by atoms with E-state index in [9.17, 15) is 0 Å². The fourth-order valence-electron chi connectivity index (χ4n) is 1.42. The van der Waals surface area contributed by atoms with Crippen molar-refractivity contribution < 1.29 is 0 Å². The molecule has 0 aliphatic heterocycles. The second-order valence-corrected chi connectivity index (χ2v) is 6.49. The van der Waals surface area contributed by atoms with E-state index in [4.69, 9.17) is 0 Å². The molecule has 0 fully saturated rings. The van der Waals surface area contributed by atoms with Crippen LogP contribution in [0.3, 0.4) is 0 Å². The van der Waals surface area contributed by atoms with E-state index >= 15 is 0 Å². The number of rotatable bonds is 6. The van der Waals surface area contributed by atoms with Gasteiger partial charge in [0.15, 0.2) is 0 Å². The molecule has 0 radical (unpaired) electrons. The van der Waals surface area contributed by atoms with Crippen LogP contribution in [-0.4, -0.2) is 15.0 Å². The van der Waals surface area contributed by atoms with Gasteiger partial charge in [-0.2, -0.15) is 0 Å². The molecular weight excluding hydrogens is 247 g/mol. The van der Waals surface area contributed by atoms with Crippen LogP contribution in [0.2, 0.25) is 0 Å². The van der Waals surface area contributed by atoms with Crippen LogP contribution in [0.15, 0.2) is 40.9 Å². The Morgan fingerprint density at radius 3 is 2.60 bits per heavy atom. The third-order valence-electron chi connectivity index (χ3n) is 2.26. The topological polar surface area (TPSA) is 0 Å². The molecular formula is C14H20Se. The molecule has 0 atom stereocenters. The average molecular weight is 267 g/mol. The Bertz CT molecular complexity index is 287. The molecule has 1 heteroatoms. The molecule has 0 aliphatic rings. The van der Waals surface area contributed by atoms with Crippen molar-refractivity contribution in [2.24, 2.45) is 0 Å². The molecule has 82 valence electrons. The van der Waals surface area contributed by atoms with Gasteiger partial charge in [-0.1, -0.05) is 0 Å². The first-order chi connectivity index (χ1) is 7.33. The van der Waals surface area contributed by atoms with E-state index in [0.29, 0.717) is 15.0 Å². The Labute approximate surface area is 99.9 Å². The average Bonchev–Trinajstić information content (AvgIpc) is 2.26. The van der Waals surface area contributed by atoms with Crippen LogP contribution in [0.5, 0.6) is 0 Å². The maximum absolute atomic E-state index is 2.42. The van der Waals surface area contributed by atoms with Gasteiger partial charge in [0.25, 0.3) is 0 Å². The summed E-state index contributed by atoms with van der Waals surface area (Å²) in [6.45, 7) is 4.52. The molecule has 0 aliphatic carbocycles. The van der Waals surface area contributed by atoms with Gasteiger partial charge in [0.05, 0.1) is 0 Å². The molecule has 0 saturated carbocycles. The van der Waals surface area contributed by atoms with Crippen LogP contribution >= 0.6 is 0 Å². The van der Waals surface area contributed by atoms with E-state index in [-0.39, 0.29) is 0 Å². The van der Waals surface area contributed by atoms with Gasteiger partial charge < -0.3 is 0 Å². The third-order valence-corrected chi connectivity index (χ3v) is 4.35. The van der Waals surface area contributed by atoms with Crippen molar-refractivity contribution >= 4 is 19.4 Å². The zero-order chi connectivity index (χ0) is 10.9. The van der Waals surface area contributed by atoms with Crippen molar-refractivity contribution in [1.29, 1.82) is 0 Å². The van der Waals surface area contributed by atoms with E-state index < -0.39 is 0 Å². The van der Waals surface area contributed by atoms with Gasteiger partial charge in [-0.15, -0.1) is 0 Å². The molecule has 0 nitrogen and oxygen atoms in total. The molecule has 0 saturated heterocycles. The first-order valence-corrected chi connectivity index (χ1v) is 7.44. The van der Waals surface area contributed by atoms with Gasteiger partial charge in [0.2, 0.25) is 0 Å². The molecule has 0 bridgehead atoms. The summed E-state index contributed by atoms with van der Waals surface area (Å²) in [6.07, 6.45) is 7.70. The second kappa shape index (κ2) is 7.73. The number of allylic oxidation sites excluding steroid dienone is 2. The van der Waals surface area contributed by atoms with Crippen LogP contribution in [0, 0.1) is 0 Å². The van der Waals surface area contributed by atoms with Crippen LogP contribution in [0.1, 0.15) is 39.5 Å². The molecule has 0 heterocycles. The molecule has 0 spiro atoms. The van der Waals surface area contributed by atoms with Gasteiger partial charge in [0.1, 0.15) is 0 Å². The summed E-state index contributed by atoms with van der Waals surface area (Å²) in [5, 5.41) is 0. The summed E-state index contributed by atoms with van der Waals surface area (Å²) in [5.41, 5.74) is 0. The summed E-state index contributed by atoms with van der Waals surface area (Å²) >= 11 is 0.535. The van der Waals surface area contributed by atoms with E-state index in [1.807, 2.05) is 0 Å². The number of unbranched alkanes of at least 4 members (excludes halogenated alkanes) is 3. The number of hydrogen-bond donors (Lipinski definition) is 0. The fourth-order valence-corrected chi connectivity index (χ4v) is 3.23. The van der Waals surface area contributed by atoms with E-state index in [1.54, 1.807) is 4.47 Å². The summed E-state index contributed by atoms with van der Waals surface area (Å²) in [6, 6.07) is 10.8. The maximum atomic E-state index is 2.42. The minimum absolute atomic E-state index is 0.535. The van der Waals surface area contributed by atoms with Crippen molar-refractivity contribution in [1.82, 2.24) is 0 Å². The van der Waals surface area contributed by atoms with Crippen LogP contribution in [0.4, 0.5) is 0 Å². The Kier molecular flexibility index (Phi) is 6.47. The predicted octanol–water partition coefficient (Wildman–Crippen LogP) is 3.50. The molecule has 0 amide bonds. The molecule has 15 heavy (non-hydrogen) atoms. The molecule has 1 aromatic carbocycles. The summed E-state index contributed by atoms with van der Waals surface area (Å²) in [4.78, 5) is 0. The van der Waals surface area contributed by atoms with Gasteiger partial charge >= 0.3 is 99.8 Å². The summed E-state index contributed by atoms with van der Waals surface area (Å²) < 4.78 is 3.04.